The highest BCUT2D eigenvalue weighted by Gasteiger charge is 2.41. The van der Waals surface area contributed by atoms with Crippen molar-refractivity contribution in [2.45, 2.75) is 31.6 Å². The first-order valence-corrected chi connectivity index (χ1v) is 9.80. The number of rotatable bonds is 4. The Labute approximate surface area is 162 Å². The van der Waals surface area contributed by atoms with Crippen molar-refractivity contribution in [2.75, 3.05) is 25.0 Å². The van der Waals surface area contributed by atoms with Crippen molar-refractivity contribution in [1.29, 1.82) is 0 Å². The summed E-state index contributed by atoms with van der Waals surface area (Å²) in [5.41, 5.74) is 4.18. The van der Waals surface area contributed by atoms with Crippen LogP contribution in [0.1, 0.15) is 24.2 Å². The second-order valence-corrected chi connectivity index (χ2v) is 7.65. The molecule has 0 saturated carbocycles. The quantitative estimate of drug-likeness (QED) is 0.700. The van der Waals surface area contributed by atoms with Crippen LogP contribution in [0.2, 0.25) is 0 Å². The molecule has 1 fully saturated rings. The number of aryl methyl sites for hydroxylation is 1. The summed E-state index contributed by atoms with van der Waals surface area (Å²) in [6.45, 7) is 3.35. The third-order valence-electron chi connectivity index (χ3n) is 5.85. The molecule has 2 N–H and O–H groups in total. The van der Waals surface area contributed by atoms with Crippen LogP contribution in [-0.4, -0.2) is 41.8 Å². The molecule has 0 bridgehead atoms. The number of nitrogens with one attached hydrogen (secondary N) is 2. The number of halogens is 2. The van der Waals surface area contributed by atoms with E-state index in [1.54, 1.807) is 6.07 Å². The van der Waals surface area contributed by atoms with E-state index in [0.717, 1.165) is 28.6 Å². The largest absolute Gasteiger partial charge is 0.491 e. The first-order chi connectivity index (χ1) is 13.6. The van der Waals surface area contributed by atoms with Gasteiger partial charge in [-0.3, -0.25) is 4.90 Å². The molecule has 1 aromatic heterocycles. The van der Waals surface area contributed by atoms with Gasteiger partial charge in [-0.1, -0.05) is 19.1 Å². The van der Waals surface area contributed by atoms with Gasteiger partial charge in [0.25, 0.3) is 0 Å². The Kier molecular flexibility index (Phi) is 4.23. The van der Waals surface area contributed by atoms with E-state index in [2.05, 4.69) is 40.3 Å². The van der Waals surface area contributed by atoms with Gasteiger partial charge in [0, 0.05) is 47.0 Å². The monoisotopic (exact) mass is 383 g/mol. The zero-order chi connectivity index (χ0) is 19.3. The van der Waals surface area contributed by atoms with E-state index in [9.17, 15) is 8.78 Å². The third kappa shape index (κ3) is 2.92. The molecule has 0 radical (unpaired) electrons. The molecule has 28 heavy (non-hydrogen) atoms. The molecule has 3 heterocycles. The molecule has 5 rings (SSSR count). The lowest BCUT2D eigenvalue weighted by atomic mass is 9.92. The molecule has 2 aromatic carbocycles. The molecule has 0 spiro atoms. The van der Waals surface area contributed by atoms with Gasteiger partial charge >= 0.3 is 0 Å². The number of alkyl halides is 1. The lowest BCUT2D eigenvalue weighted by Crippen LogP contribution is -2.59. The van der Waals surface area contributed by atoms with Crippen LogP contribution in [-0.2, 0) is 6.42 Å². The van der Waals surface area contributed by atoms with E-state index < -0.39 is 6.17 Å². The van der Waals surface area contributed by atoms with Crippen molar-refractivity contribution in [2.24, 2.45) is 0 Å². The van der Waals surface area contributed by atoms with Crippen LogP contribution >= 0.6 is 0 Å². The van der Waals surface area contributed by atoms with Crippen LogP contribution in [0.3, 0.4) is 0 Å². The number of aromatic nitrogens is 1. The Balaban J connectivity index is 1.54. The van der Waals surface area contributed by atoms with E-state index in [0.29, 0.717) is 25.4 Å². The number of hydrogen-bond acceptors (Lipinski definition) is 3. The molecule has 2 atom stereocenters. The molecule has 3 aromatic rings. The summed E-state index contributed by atoms with van der Waals surface area (Å²) in [4.78, 5) is 5.54. The van der Waals surface area contributed by atoms with Crippen molar-refractivity contribution < 1.29 is 13.5 Å². The lowest BCUT2D eigenvalue weighted by molar-refractivity contribution is -0.00404. The Morgan fingerprint density at radius 2 is 2.07 bits per heavy atom. The molecule has 0 amide bonds. The summed E-state index contributed by atoms with van der Waals surface area (Å²) in [7, 11) is 0. The summed E-state index contributed by atoms with van der Waals surface area (Å²) in [6.07, 6.45) is 0.150. The van der Waals surface area contributed by atoms with Gasteiger partial charge < -0.3 is 15.0 Å². The van der Waals surface area contributed by atoms with Gasteiger partial charge in [0.1, 0.15) is 24.3 Å². The number of H-pyrrole nitrogens is 1. The van der Waals surface area contributed by atoms with Crippen molar-refractivity contribution >= 4 is 16.6 Å². The van der Waals surface area contributed by atoms with Crippen LogP contribution in [0.15, 0.2) is 42.5 Å². The topological polar surface area (TPSA) is 40.3 Å². The minimum absolute atomic E-state index is 0.00944. The zero-order valence-corrected chi connectivity index (χ0v) is 15.7. The number of benzene rings is 2. The van der Waals surface area contributed by atoms with Gasteiger partial charge in [-0.05, 0) is 30.7 Å². The maximum atomic E-state index is 13.7. The number of fused-ring (bicyclic) bond motifs is 2. The fourth-order valence-corrected chi connectivity index (χ4v) is 4.28. The highest BCUT2D eigenvalue weighted by atomic mass is 19.1. The Bertz CT molecular complexity index is 1010. The predicted molar refractivity (Wildman–Crippen MR) is 106 cm³/mol. The molecule has 2 aliphatic rings. The second kappa shape index (κ2) is 6.78. The van der Waals surface area contributed by atoms with E-state index in [4.69, 9.17) is 4.74 Å². The molecule has 6 heteroatoms. The number of aromatic amines is 1. The van der Waals surface area contributed by atoms with Crippen LogP contribution in [0, 0.1) is 5.82 Å². The van der Waals surface area contributed by atoms with Crippen molar-refractivity contribution in [3.8, 4) is 5.75 Å². The van der Waals surface area contributed by atoms with E-state index in [1.165, 1.54) is 17.8 Å². The molecule has 2 aliphatic heterocycles. The molecular formula is C22H23F2N3O. The van der Waals surface area contributed by atoms with Gasteiger partial charge in [-0.15, -0.1) is 0 Å². The molecule has 146 valence electrons. The number of anilines is 1. The number of likely N-dealkylation sites (tertiary alicyclic amines) is 1. The van der Waals surface area contributed by atoms with Crippen LogP contribution in [0.5, 0.6) is 5.75 Å². The van der Waals surface area contributed by atoms with Gasteiger partial charge in [0.15, 0.2) is 0 Å². The highest BCUT2D eigenvalue weighted by Crippen LogP contribution is 2.39. The summed E-state index contributed by atoms with van der Waals surface area (Å²) < 4.78 is 33.1. The smallest absolute Gasteiger partial charge is 0.127 e. The van der Waals surface area contributed by atoms with Gasteiger partial charge in [0.05, 0.1) is 12.1 Å². The SMILES string of the molecule is CCc1cc2c(N[C@H]3c4ccc(F)cc4OCC3N3CC(F)C3)cccc2[nH]1. The summed E-state index contributed by atoms with van der Waals surface area (Å²) in [5, 5.41) is 4.79. The summed E-state index contributed by atoms with van der Waals surface area (Å²) >= 11 is 0. The van der Waals surface area contributed by atoms with Gasteiger partial charge in [-0.2, -0.15) is 0 Å². The first kappa shape index (κ1) is 17.5. The second-order valence-electron chi connectivity index (χ2n) is 7.65. The minimum atomic E-state index is -0.782. The average molecular weight is 383 g/mol. The predicted octanol–water partition coefficient (Wildman–Crippen LogP) is 4.44. The molecule has 1 unspecified atom stereocenters. The van der Waals surface area contributed by atoms with E-state index >= 15 is 0 Å². The maximum absolute atomic E-state index is 13.7. The Hall–Kier alpha value is -2.60. The number of nitrogens with zero attached hydrogens (tertiary/aromatic N) is 1. The fraction of sp³-hybridized carbons (Fsp3) is 0.364. The first-order valence-electron chi connectivity index (χ1n) is 9.80. The Morgan fingerprint density at radius 1 is 1.21 bits per heavy atom. The van der Waals surface area contributed by atoms with E-state index in [-0.39, 0.29) is 17.9 Å². The van der Waals surface area contributed by atoms with Crippen molar-refractivity contribution in [3.05, 3.63) is 59.5 Å². The maximum Gasteiger partial charge on any atom is 0.127 e. The van der Waals surface area contributed by atoms with Crippen molar-refractivity contribution in [1.82, 2.24) is 9.88 Å². The highest BCUT2D eigenvalue weighted by molar-refractivity contribution is 5.92. The standard InChI is InChI=1S/C22H23F2N3O/c1-2-15-9-17-18(25-15)4-3-5-19(17)26-22-16-7-6-13(23)8-21(16)28-12-20(22)27-10-14(24)11-27/h3-9,14,20,22,25-26H,2,10-12H2,1H3/t20?,22-/m0/s1. The lowest BCUT2D eigenvalue weighted by Gasteiger charge is -2.46. The Morgan fingerprint density at radius 3 is 2.86 bits per heavy atom. The molecule has 0 aliphatic carbocycles. The molecule has 4 nitrogen and oxygen atoms in total. The van der Waals surface area contributed by atoms with Gasteiger partial charge in [0.2, 0.25) is 0 Å². The van der Waals surface area contributed by atoms with E-state index in [1.807, 2.05) is 6.07 Å². The zero-order valence-electron chi connectivity index (χ0n) is 15.7. The molecular weight excluding hydrogens is 360 g/mol. The third-order valence-corrected chi connectivity index (χ3v) is 5.85. The number of ether oxygens (including phenoxy) is 1. The summed E-state index contributed by atoms with van der Waals surface area (Å²) in [6, 6.07) is 12.8. The van der Waals surface area contributed by atoms with Crippen molar-refractivity contribution in [3.63, 3.8) is 0 Å². The van der Waals surface area contributed by atoms with Crippen LogP contribution in [0.25, 0.3) is 10.9 Å². The fourth-order valence-electron chi connectivity index (χ4n) is 4.28. The minimum Gasteiger partial charge on any atom is -0.491 e. The van der Waals surface area contributed by atoms with Crippen LogP contribution in [0.4, 0.5) is 14.5 Å². The summed E-state index contributed by atoms with van der Waals surface area (Å²) in [5.74, 6) is 0.241. The van der Waals surface area contributed by atoms with Crippen LogP contribution < -0.4 is 10.1 Å². The number of hydrogen-bond donors (Lipinski definition) is 2. The van der Waals surface area contributed by atoms with Gasteiger partial charge in [-0.25, -0.2) is 8.78 Å². The average Bonchev–Trinajstić information content (AvgIpc) is 3.10. The normalized spacial score (nSPS) is 22.5. The molecule has 1 saturated heterocycles.